The molecule has 0 radical (unpaired) electrons. The van der Waals surface area contributed by atoms with E-state index in [9.17, 15) is 22.8 Å². The van der Waals surface area contributed by atoms with E-state index < -0.39 is 23.6 Å². The van der Waals surface area contributed by atoms with Gasteiger partial charge in [0.15, 0.2) is 0 Å². The second kappa shape index (κ2) is 7.86. The molecule has 0 atom stereocenters. The fourth-order valence-corrected chi connectivity index (χ4v) is 2.21. The number of amides is 1. The second-order valence-electron chi connectivity index (χ2n) is 5.28. The smallest absolute Gasteiger partial charge is 0.416 e. The van der Waals surface area contributed by atoms with Gasteiger partial charge in [-0.2, -0.15) is 13.2 Å². The zero-order chi connectivity index (χ0) is 19.3. The maximum absolute atomic E-state index is 12.8. The number of hydrogen-bond donors (Lipinski definition) is 1. The molecule has 136 valence electrons. The molecule has 0 aliphatic heterocycles. The quantitative estimate of drug-likeness (QED) is 0.627. The molecule has 7 heteroatoms. The molecule has 4 nitrogen and oxygen atoms in total. The molecule has 0 bridgehead atoms. The molecule has 0 heterocycles. The van der Waals surface area contributed by atoms with Crippen LogP contribution < -0.4 is 5.32 Å². The second-order valence-corrected chi connectivity index (χ2v) is 5.28. The maximum atomic E-state index is 12.8. The van der Waals surface area contributed by atoms with E-state index in [1.54, 1.807) is 25.1 Å². The molecule has 26 heavy (non-hydrogen) atoms. The molecule has 0 saturated carbocycles. The molecule has 2 aromatic carbocycles. The van der Waals surface area contributed by atoms with Gasteiger partial charge >= 0.3 is 12.1 Å². The Kier molecular flexibility index (Phi) is 5.82. The summed E-state index contributed by atoms with van der Waals surface area (Å²) in [6, 6.07) is 10.4. The molecule has 0 unspecified atom stereocenters. The van der Waals surface area contributed by atoms with Crippen LogP contribution in [0.25, 0.3) is 5.57 Å². The highest BCUT2D eigenvalue weighted by molar-refractivity contribution is 6.18. The predicted octanol–water partition coefficient (Wildman–Crippen LogP) is 4.53. The van der Waals surface area contributed by atoms with Gasteiger partial charge in [0.2, 0.25) is 0 Å². The molecule has 2 aromatic rings. The first-order valence-electron chi connectivity index (χ1n) is 7.68. The molecular weight excluding hydrogens is 347 g/mol. The average molecular weight is 363 g/mol. The minimum absolute atomic E-state index is 0.0341. The molecule has 1 amide bonds. The first kappa shape index (κ1) is 19.2. The van der Waals surface area contributed by atoms with Crippen molar-refractivity contribution in [2.75, 3.05) is 11.9 Å². The van der Waals surface area contributed by atoms with Crippen molar-refractivity contribution < 1.29 is 27.5 Å². The zero-order valence-electron chi connectivity index (χ0n) is 13.9. The van der Waals surface area contributed by atoms with Crippen LogP contribution in [0.3, 0.4) is 0 Å². The Balaban J connectivity index is 2.28. The SMILES string of the molecule is C=C(C(=O)OCC)c1ccccc1NC(=O)c1cccc(C(F)(F)F)c1. The minimum atomic E-state index is -4.55. The molecule has 0 aromatic heterocycles. The number of benzene rings is 2. The number of anilines is 1. The van der Waals surface area contributed by atoms with Crippen LogP contribution in [0, 0.1) is 0 Å². The Labute approximate surface area is 148 Å². The number of para-hydroxylation sites is 1. The summed E-state index contributed by atoms with van der Waals surface area (Å²) in [6.07, 6.45) is -4.55. The largest absolute Gasteiger partial charge is 0.462 e. The monoisotopic (exact) mass is 363 g/mol. The van der Waals surface area contributed by atoms with Crippen LogP contribution >= 0.6 is 0 Å². The van der Waals surface area contributed by atoms with Crippen LogP contribution in [0.1, 0.15) is 28.4 Å². The van der Waals surface area contributed by atoms with Crippen LogP contribution in [0.15, 0.2) is 55.1 Å². The Morgan fingerprint density at radius 1 is 1.12 bits per heavy atom. The van der Waals surface area contributed by atoms with E-state index in [0.717, 1.165) is 18.2 Å². The number of alkyl halides is 3. The van der Waals surface area contributed by atoms with Gasteiger partial charge in [-0.25, -0.2) is 4.79 Å². The third-order valence-electron chi connectivity index (χ3n) is 3.47. The highest BCUT2D eigenvalue weighted by atomic mass is 19.4. The normalized spacial score (nSPS) is 10.9. The number of ether oxygens (including phenoxy) is 1. The van der Waals surface area contributed by atoms with E-state index >= 15 is 0 Å². The van der Waals surface area contributed by atoms with E-state index in [2.05, 4.69) is 11.9 Å². The van der Waals surface area contributed by atoms with Crippen molar-refractivity contribution >= 4 is 23.1 Å². The predicted molar refractivity (Wildman–Crippen MR) is 91.5 cm³/mol. The van der Waals surface area contributed by atoms with Crippen molar-refractivity contribution in [3.05, 3.63) is 71.8 Å². The Morgan fingerprint density at radius 2 is 1.81 bits per heavy atom. The molecule has 1 N–H and O–H groups in total. The molecule has 0 aliphatic rings. The fraction of sp³-hybridized carbons (Fsp3) is 0.158. The van der Waals surface area contributed by atoms with Gasteiger partial charge in [-0.15, -0.1) is 0 Å². The van der Waals surface area contributed by atoms with E-state index in [1.807, 2.05) is 0 Å². The van der Waals surface area contributed by atoms with Gasteiger partial charge in [0.05, 0.1) is 17.7 Å². The van der Waals surface area contributed by atoms with E-state index in [0.29, 0.717) is 5.56 Å². The maximum Gasteiger partial charge on any atom is 0.416 e. The standard InChI is InChI=1S/C19H16F3NO3/c1-3-26-18(25)12(2)15-9-4-5-10-16(15)23-17(24)13-7-6-8-14(11-13)19(20,21)22/h4-11H,2-3H2,1H3,(H,23,24). The Bertz CT molecular complexity index is 844. The molecular formula is C19H16F3NO3. The number of nitrogens with one attached hydrogen (secondary N) is 1. The van der Waals surface area contributed by atoms with E-state index in [4.69, 9.17) is 4.74 Å². The summed E-state index contributed by atoms with van der Waals surface area (Å²) in [6.45, 7) is 5.46. The fourth-order valence-electron chi connectivity index (χ4n) is 2.21. The summed E-state index contributed by atoms with van der Waals surface area (Å²) in [5, 5.41) is 2.51. The highest BCUT2D eigenvalue weighted by Crippen LogP contribution is 2.30. The summed E-state index contributed by atoms with van der Waals surface area (Å²) in [4.78, 5) is 24.2. The average Bonchev–Trinajstić information content (AvgIpc) is 2.61. The van der Waals surface area contributed by atoms with Gasteiger partial charge in [-0.1, -0.05) is 30.8 Å². The van der Waals surface area contributed by atoms with Crippen LogP contribution in [-0.4, -0.2) is 18.5 Å². The summed E-state index contributed by atoms with van der Waals surface area (Å²) in [5.74, 6) is -1.38. The van der Waals surface area contributed by atoms with E-state index in [1.165, 1.54) is 12.1 Å². The summed E-state index contributed by atoms with van der Waals surface area (Å²) < 4.78 is 43.3. The lowest BCUT2D eigenvalue weighted by Gasteiger charge is -2.13. The van der Waals surface area contributed by atoms with Crippen molar-refractivity contribution in [2.45, 2.75) is 13.1 Å². The number of halogens is 3. The lowest BCUT2D eigenvalue weighted by Crippen LogP contribution is -2.16. The van der Waals surface area contributed by atoms with Crippen LogP contribution in [0.2, 0.25) is 0 Å². The lowest BCUT2D eigenvalue weighted by molar-refractivity contribution is -0.138. The first-order chi connectivity index (χ1) is 12.2. The van der Waals surface area contributed by atoms with Crippen LogP contribution in [0.5, 0.6) is 0 Å². The Hall–Kier alpha value is -3.09. The molecule has 0 spiro atoms. The first-order valence-corrected chi connectivity index (χ1v) is 7.68. The number of hydrogen-bond acceptors (Lipinski definition) is 3. The summed E-state index contributed by atoms with van der Waals surface area (Å²) in [5.41, 5.74) is -0.475. The van der Waals surface area contributed by atoms with Crippen molar-refractivity contribution in [2.24, 2.45) is 0 Å². The summed E-state index contributed by atoms with van der Waals surface area (Å²) >= 11 is 0. The number of carbonyl (C=O) groups is 2. The van der Waals surface area contributed by atoms with Crippen molar-refractivity contribution in [1.82, 2.24) is 0 Å². The molecule has 0 fully saturated rings. The third kappa shape index (κ3) is 4.50. The number of carbonyl (C=O) groups excluding carboxylic acids is 2. The van der Waals surface area contributed by atoms with Gasteiger partial charge in [0.1, 0.15) is 0 Å². The third-order valence-corrected chi connectivity index (χ3v) is 3.47. The number of rotatable bonds is 5. The van der Waals surface area contributed by atoms with Crippen molar-refractivity contribution in [1.29, 1.82) is 0 Å². The molecule has 0 aliphatic carbocycles. The van der Waals surface area contributed by atoms with Crippen molar-refractivity contribution in [3.8, 4) is 0 Å². The molecule has 2 rings (SSSR count). The lowest BCUT2D eigenvalue weighted by atomic mass is 10.0. The van der Waals surface area contributed by atoms with E-state index in [-0.39, 0.29) is 23.4 Å². The minimum Gasteiger partial charge on any atom is -0.462 e. The number of esters is 1. The van der Waals surface area contributed by atoms with Crippen LogP contribution in [-0.2, 0) is 15.7 Å². The van der Waals surface area contributed by atoms with Crippen molar-refractivity contribution in [3.63, 3.8) is 0 Å². The Morgan fingerprint density at radius 3 is 2.46 bits per heavy atom. The highest BCUT2D eigenvalue weighted by Gasteiger charge is 2.31. The summed E-state index contributed by atoms with van der Waals surface area (Å²) in [7, 11) is 0. The van der Waals surface area contributed by atoms with Gasteiger partial charge in [0.25, 0.3) is 5.91 Å². The molecule has 0 saturated heterocycles. The van der Waals surface area contributed by atoms with Gasteiger partial charge < -0.3 is 10.1 Å². The van der Waals surface area contributed by atoms with Crippen LogP contribution in [0.4, 0.5) is 18.9 Å². The zero-order valence-corrected chi connectivity index (χ0v) is 13.9. The van der Waals surface area contributed by atoms with Gasteiger partial charge in [-0.3, -0.25) is 4.79 Å². The van der Waals surface area contributed by atoms with Gasteiger partial charge in [-0.05, 0) is 31.2 Å². The topological polar surface area (TPSA) is 55.4 Å². The van der Waals surface area contributed by atoms with Gasteiger partial charge in [0, 0.05) is 16.8 Å².